The summed E-state index contributed by atoms with van der Waals surface area (Å²) in [6.07, 6.45) is 0. The molecule has 0 amide bonds. The minimum atomic E-state index is 0.100. The van der Waals surface area contributed by atoms with Crippen LogP contribution >= 0.6 is 11.3 Å². The molecule has 0 radical (unpaired) electrons. The van der Waals surface area contributed by atoms with Crippen LogP contribution in [0.4, 0.5) is 5.69 Å². The molecule has 0 saturated heterocycles. The third-order valence-corrected chi connectivity index (χ3v) is 2.27. The van der Waals surface area contributed by atoms with Gasteiger partial charge in [-0.05, 0) is 6.07 Å². The lowest BCUT2D eigenvalue weighted by molar-refractivity contribution is 0.478. The van der Waals surface area contributed by atoms with Gasteiger partial charge in [0.05, 0.1) is 21.4 Å². The highest BCUT2D eigenvalue weighted by Gasteiger charge is 2.01. The van der Waals surface area contributed by atoms with Gasteiger partial charge in [-0.3, -0.25) is 0 Å². The number of hydrogen-bond donors (Lipinski definition) is 2. The van der Waals surface area contributed by atoms with E-state index >= 15 is 0 Å². The molecule has 0 aliphatic carbocycles. The van der Waals surface area contributed by atoms with Gasteiger partial charge < -0.3 is 10.8 Å². The first kappa shape index (κ1) is 6.42. The molecule has 4 heteroatoms. The number of nitrogen functional groups attached to an aromatic ring is 1. The van der Waals surface area contributed by atoms with Gasteiger partial charge in [0, 0.05) is 6.07 Å². The van der Waals surface area contributed by atoms with E-state index in [-0.39, 0.29) is 5.75 Å². The third kappa shape index (κ3) is 0.914. The Hall–Kier alpha value is -1.29. The molecule has 1 aromatic heterocycles. The number of benzene rings is 1. The Bertz CT molecular complexity index is 360. The first-order valence-corrected chi connectivity index (χ1v) is 3.97. The molecule has 1 aromatic carbocycles. The molecule has 3 N–H and O–H groups in total. The van der Waals surface area contributed by atoms with Gasteiger partial charge in [0.25, 0.3) is 0 Å². The summed E-state index contributed by atoms with van der Waals surface area (Å²) in [5.74, 6) is 0.100. The van der Waals surface area contributed by atoms with Crippen LogP contribution in [-0.2, 0) is 0 Å². The van der Waals surface area contributed by atoms with Crippen LogP contribution in [0.25, 0.3) is 10.2 Å². The van der Waals surface area contributed by atoms with Crippen LogP contribution in [-0.4, -0.2) is 10.1 Å². The highest BCUT2D eigenvalue weighted by Crippen LogP contribution is 2.27. The van der Waals surface area contributed by atoms with E-state index in [4.69, 9.17) is 5.73 Å². The minimum absolute atomic E-state index is 0.100. The van der Waals surface area contributed by atoms with Crippen LogP contribution in [0.3, 0.4) is 0 Å². The van der Waals surface area contributed by atoms with Crippen molar-refractivity contribution < 1.29 is 5.11 Å². The predicted molar refractivity (Wildman–Crippen MR) is 45.7 cm³/mol. The third-order valence-electron chi connectivity index (χ3n) is 1.48. The van der Waals surface area contributed by atoms with Gasteiger partial charge in [0.2, 0.25) is 0 Å². The Balaban J connectivity index is 2.86. The number of phenolic OH excluding ortho intramolecular Hbond substituents is 1. The minimum Gasteiger partial charge on any atom is -0.506 e. The van der Waals surface area contributed by atoms with Crippen LogP contribution < -0.4 is 5.73 Å². The van der Waals surface area contributed by atoms with E-state index in [1.165, 1.54) is 11.3 Å². The van der Waals surface area contributed by atoms with Crippen LogP contribution in [0.1, 0.15) is 0 Å². The van der Waals surface area contributed by atoms with Gasteiger partial charge in [0.1, 0.15) is 5.75 Å². The summed E-state index contributed by atoms with van der Waals surface area (Å²) in [7, 11) is 0. The monoisotopic (exact) mass is 166 g/mol. The number of rotatable bonds is 0. The molecule has 0 fully saturated rings. The number of hydrogen-bond acceptors (Lipinski definition) is 4. The van der Waals surface area contributed by atoms with Crippen molar-refractivity contribution in [3.05, 3.63) is 17.6 Å². The lowest BCUT2D eigenvalue weighted by Crippen LogP contribution is -1.83. The highest BCUT2D eigenvalue weighted by atomic mass is 32.1. The molecular weight excluding hydrogens is 160 g/mol. The van der Waals surface area contributed by atoms with Crippen molar-refractivity contribution in [2.24, 2.45) is 0 Å². The van der Waals surface area contributed by atoms with Crippen molar-refractivity contribution in [2.75, 3.05) is 5.73 Å². The van der Waals surface area contributed by atoms with Gasteiger partial charge in [0.15, 0.2) is 0 Å². The lowest BCUT2D eigenvalue weighted by atomic mass is 10.3. The van der Waals surface area contributed by atoms with Crippen molar-refractivity contribution >= 4 is 27.2 Å². The maximum absolute atomic E-state index is 9.18. The Kier molecular flexibility index (Phi) is 1.22. The van der Waals surface area contributed by atoms with E-state index in [1.807, 2.05) is 0 Å². The van der Waals surface area contributed by atoms with E-state index in [1.54, 1.807) is 17.6 Å². The van der Waals surface area contributed by atoms with Crippen LogP contribution in [0, 0.1) is 0 Å². The van der Waals surface area contributed by atoms with Crippen LogP contribution in [0.2, 0.25) is 0 Å². The van der Waals surface area contributed by atoms with Gasteiger partial charge in [-0.2, -0.15) is 0 Å². The van der Waals surface area contributed by atoms with Crippen molar-refractivity contribution in [3.63, 3.8) is 0 Å². The number of anilines is 1. The zero-order valence-corrected chi connectivity index (χ0v) is 6.43. The maximum Gasteiger partial charge on any atom is 0.140 e. The molecule has 11 heavy (non-hydrogen) atoms. The number of aromatic hydroxyl groups is 1. The van der Waals surface area contributed by atoms with Crippen LogP contribution in [0.5, 0.6) is 5.75 Å². The standard InChI is InChI=1S/C7H6N2OS/c8-4-1-7-5(2-6(4)10)9-3-11-7/h1-3,10H,8H2. The van der Waals surface area contributed by atoms with E-state index in [9.17, 15) is 5.11 Å². The van der Waals surface area contributed by atoms with Gasteiger partial charge in [-0.15, -0.1) is 11.3 Å². The summed E-state index contributed by atoms with van der Waals surface area (Å²) >= 11 is 1.51. The second kappa shape index (κ2) is 2.10. The first-order chi connectivity index (χ1) is 5.27. The van der Waals surface area contributed by atoms with Gasteiger partial charge in [-0.25, -0.2) is 4.98 Å². The summed E-state index contributed by atoms with van der Waals surface area (Å²) in [5.41, 5.74) is 8.40. The summed E-state index contributed by atoms with van der Waals surface area (Å²) in [4.78, 5) is 4.02. The number of fused-ring (bicyclic) bond motifs is 1. The molecular formula is C7H6N2OS. The largest absolute Gasteiger partial charge is 0.506 e. The lowest BCUT2D eigenvalue weighted by Gasteiger charge is -1.95. The zero-order chi connectivity index (χ0) is 7.84. The Morgan fingerprint density at radius 2 is 2.27 bits per heavy atom. The average molecular weight is 166 g/mol. The molecule has 56 valence electrons. The maximum atomic E-state index is 9.18. The molecule has 3 nitrogen and oxygen atoms in total. The Labute approximate surface area is 67.1 Å². The first-order valence-electron chi connectivity index (χ1n) is 3.09. The number of aromatic nitrogens is 1. The summed E-state index contributed by atoms with van der Waals surface area (Å²) < 4.78 is 1.00. The second-order valence-electron chi connectivity index (χ2n) is 2.23. The van der Waals surface area contributed by atoms with Gasteiger partial charge >= 0.3 is 0 Å². The molecule has 0 saturated carbocycles. The van der Waals surface area contributed by atoms with E-state index in [0.29, 0.717) is 5.69 Å². The molecule has 2 aromatic rings. The second-order valence-corrected chi connectivity index (χ2v) is 3.12. The molecule has 0 atom stereocenters. The summed E-state index contributed by atoms with van der Waals surface area (Å²) in [5, 5.41) is 9.18. The molecule has 1 heterocycles. The Morgan fingerprint density at radius 1 is 1.45 bits per heavy atom. The molecule has 0 aliphatic heterocycles. The molecule has 2 rings (SSSR count). The average Bonchev–Trinajstić information content (AvgIpc) is 2.36. The number of thiazole rings is 1. The predicted octanol–water partition coefficient (Wildman–Crippen LogP) is 1.58. The fourth-order valence-electron chi connectivity index (χ4n) is 0.908. The van der Waals surface area contributed by atoms with Gasteiger partial charge in [-0.1, -0.05) is 0 Å². The normalized spacial score (nSPS) is 10.5. The van der Waals surface area contributed by atoms with E-state index < -0.39 is 0 Å². The highest BCUT2D eigenvalue weighted by molar-refractivity contribution is 7.16. The van der Waals surface area contributed by atoms with Crippen molar-refractivity contribution in [3.8, 4) is 5.75 Å². The topological polar surface area (TPSA) is 59.1 Å². The fraction of sp³-hybridized carbons (Fsp3) is 0. The summed E-state index contributed by atoms with van der Waals surface area (Å²) in [6, 6.07) is 3.30. The zero-order valence-electron chi connectivity index (χ0n) is 5.61. The van der Waals surface area contributed by atoms with Crippen molar-refractivity contribution in [1.29, 1.82) is 0 Å². The van der Waals surface area contributed by atoms with Crippen molar-refractivity contribution in [2.45, 2.75) is 0 Å². The molecule has 0 aliphatic rings. The molecule has 0 unspecified atom stereocenters. The van der Waals surface area contributed by atoms with Crippen molar-refractivity contribution in [1.82, 2.24) is 4.98 Å². The van der Waals surface area contributed by atoms with E-state index in [2.05, 4.69) is 4.98 Å². The number of nitrogens with two attached hydrogens (primary N) is 1. The number of nitrogens with zero attached hydrogens (tertiary/aromatic N) is 1. The Morgan fingerprint density at radius 3 is 3.09 bits per heavy atom. The number of phenols is 1. The van der Waals surface area contributed by atoms with Crippen LogP contribution in [0.15, 0.2) is 17.6 Å². The molecule has 0 bridgehead atoms. The van der Waals surface area contributed by atoms with E-state index in [0.717, 1.165) is 10.2 Å². The smallest absolute Gasteiger partial charge is 0.140 e. The summed E-state index contributed by atoms with van der Waals surface area (Å²) in [6.45, 7) is 0. The SMILES string of the molecule is Nc1cc2scnc2cc1O. The molecule has 0 spiro atoms. The fourth-order valence-corrected chi connectivity index (χ4v) is 1.62. The quantitative estimate of drug-likeness (QED) is 0.461.